The van der Waals surface area contributed by atoms with Gasteiger partial charge in [-0.1, -0.05) is 17.7 Å². The number of carbonyl (C=O) groups is 2. The normalized spacial score (nSPS) is 13.9. The molecule has 0 bridgehead atoms. The number of hydrogen-bond donors (Lipinski definition) is 2. The number of benzene rings is 2. The number of hydrogen-bond acceptors (Lipinski definition) is 11. The molecule has 4 aromatic heterocycles. The second-order valence-electron chi connectivity index (χ2n) is 11.5. The fraction of sp³-hybridized carbons (Fsp3) is 0.229. The van der Waals surface area contributed by atoms with Crippen molar-refractivity contribution in [3.05, 3.63) is 89.7 Å². The van der Waals surface area contributed by atoms with Crippen molar-refractivity contribution in [2.45, 2.75) is 32.4 Å². The molecule has 0 saturated carbocycles. The van der Waals surface area contributed by atoms with Crippen LogP contribution in [0, 0.1) is 0 Å². The van der Waals surface area contributed by atoms with Gasteiger partial charge in [0.25, 0.3) is 11.9 Å². The smallest absolute Gasteiger partial charge is 0.303 e. The van der Waals surface area contributed by atoms with Crippen LogP contribution in [0.3, 0.4) is 0 Å². The van der Waals surface area contributed by atoms with Gasteiger partial charge in [0.2, 0.25) is 0 Å². The molecule has 13 heteroatoms. The van der Waals surface area contributed by atoms with E-state index >= 15 is 0 Å². The number of anilines is 2. The molecular formula is C35H31ClN6O5S. The predicted molar refractivity (Wildman–Crippen MR) is 185 cm³/mol. The molecule has 2 aromatic carbocycles. The lowest BCUT2D eigenvalue weighted by Crippen LogP contribution is -2.45. The van der Waals surface area contributed by atoms with E-state index in [2.05, 4.69) is 31.6 Å². The van der Waals surface area contributed by atoms with E-state index in [9.17, 15) is 9.59 Å². The lowest BCUT2D eigenvalue weighted by molar-refractivity contribution is -0.146. The van der Waals surface area contributed by atoms with Crippen molar-refractivity contribution in [3.63, 3.8) is 0 Å². The van der Waals surface area contributed by atoms with Gasteiger partial charge in [-0.15, -0.1) is 11.3 Å². The maximum absolute atomic E-state index is 12.0. The molecule has 0 atom stereocenters. The topological polar surface area (TPSA) is 132 Å². The average molecular weight is 683 g/mol. The zero-order chi connectivity index (χ0) is 33.0. The summed E-state index contributed by atoms with van der Waals surface area (Å²) in [7, 11) is 0. The third-order valence-corrected chi connectivity index (χ3v) is 9.31. The molecular weight excluding hydrogens is 652 g/mol. The number of oxazole rings is 1. The number of fused-ring (bicyclic) bond motifs is 2. The van der Waals surface area contributed by atoms with Crippen LogP contribution >= 0.6 is 22.9 Å². The predicted octanol–water partition coefficient (Wildman–Crippen LogP) is 7.33. The maximum Gasteiger partial charge on any atom is 0.303 e. The number of esters is 1. The van der Waals surface area contributed by atoms with Crippen LogP contribution in [0.15, 0.2) is 83.5 Å². The molecule has 5 heterocycles. The third kappa shape index (κ3) is 7.57. The molecule has 0 unspecified atom stereocenters. The molecule has 1 fully saturated rings. The summed E-state index contributed by atoms with van der Waals surface area (Å²) >= 11 is 7.57. The van der Waals surface area contributed by atoms with E-state index in [0.717, 1.165) is 64.5 Å². The second kappa shape index (κ2) is 14.0. The summed E-state index contributed by atoms with van der Waals surface area (Å²) in [6, 6.07) is 21.3. The molecule has 0 spiro atoms. The fourth-order valence-corrected chi connectivity index (χ4v) is 6.69. The van der Waals surface area contributed by atoms with Gasteiger partial charge in [0.1, 0.15) is 17.0 Å². The number of piperidine rings is 1. The van der Waals surface area contributed by atoms with Gasteiger partial charge in [0, 0.05) is 67.8 Å². The molecule has 1 aliphatic rings. The van der Waals surface area contributed by atoms with Crippen LogP contribution in [-0.4, -0.2) is 57.5 Å². The Balaban J connectivity index is 0.978. The Morgan fingerprint density at radius 3 is 2.62 bits per heavy atom. The van der Waals surface area contributed by atoms with Crippen molar-refractivity contribution in [1.29, 1.82) is 0 Å². The standard InChI is InChI=1S/C35H31ClN6O5S/c1-21(43)45-20-33(44)39-25-11-14-42(15-12-25)19-22-2-8-27(38-18-22)32-17-29-34(48-32)31(10-13-37-29)46-26-7-9-30-28(16-26)41-35(47-30)40-24-5-3-23(36)4-6-24/h2-10,13,16-18,25H,11-12,14-15,19-20H2,1H3,(H,39,44)(H,40,41). The Hall–Kier alpha value is -5.04. The Labute approximate surface area is 284 Å². The SMILES string of the molecule is CC(=O)OCC(=O)NC1CCN(Cc2ccc(-c3cc4nccc(Oc5ccc6oc(Nc7ccc(Cl)cc7)nc6c5)c4s3)nc2)CC1. The highest BCUT2D eigenvalue weighted by Crippen LogP contribution is 2.39. The van der Waals surface area contributed by atoms with E-state index in [1.807, 2.05) is 54.7 Å². The highest BCUT2D eigenvalue weighted by molar-refractivity contribution is 7.22. The number of thiophene rings is 1. The Bertz CT molecular complexity index is 2070. The zero-order valence-electron chi connectivity index (χ0n) is 25.9. The summed E-state index contributed by atoms with van der Waals surface area (Å²) in [5.74, 6) is 0.609. The minimum atomic E-state index is -0.459. The number of ether oxygens (including phenoxy) is 2. The molecule has 11 nitrogen and oxygen atoms in total. The molecule has 1 saturated heterocycles. The lowest BCUT2D eigenvalue weighted by atomic mass is 10.0. The van der Waals surface area contributed by atoms with Crippen molar-refractivity contribution in [2.75, 3.05) is 25.0 Å². The molecule has 0 radical (unpaired) electrons. The molecule has 0 aliphatic carbocycles. The number of likely N-dealkylation sites (tertiary alicyclic amines) is 1. The molecule has 1 amide bonds. The molecule has 244 valence electrons. The maximum atomic E-state index is 12.0. The summed E-state index contributed by atoms with van der Waals surface area (Å²) in [6.45, 7) is 3.55. The molecule has 7 rings (SSSR count). The minimum absolute atomic E-state index is 0.0846. The summed E-state index contributed by atoms with van der Waals surface area (Å²) in [5, 5.41) is 6.76. The largest absolute Gasteiger partial charge is 0.456 e. The summed E-state index contributed by atoms with van der Waals surface area (Å²) in [6.07, 6.45) is 5.33. The van der Waals surface area contributed by atoms with Gasteiger partial charge < -0.3 is 24.5 Å². The van der Waals surface area contributed by atoms with Crippen LogP contribution in [0.4, 0.5) is 11.7 Å². The summed E-state index contributed by atoms with van der Waals surface area (Å²) in [5.41, 5.74) is 4.94. The van der Waals surface area contributed by atoms with Crippen molar-refractivity contribution < 1.29 is 23.5 Å². The number of carbonyl (C=O) groups excluding carboxylic acids is 2. The van der Waals surface area contributed by atoms with E-state index < -0.39 is 5.97 Å². The van der Waals surface area contributed by atoms with Crippen LogP contribution in [0.2, 0.25) is 5.02 Å². The first-order valence-electron chi connectivity index (χ1n) is 15.4. The van der Waals surface area contributed by atoms with Crippen molar-refractivity contribution >= 4 is 67.8 Å². The molecule has 2 N–H and O–H groups in total. The quantitative estimate of drug-likeness (QED) is 0.142. The van der Waals surface area contributed by atoms with E-state index in [0.29, 0.717) is 33.6 Å². The number of rotatable bonds is 10. The van der Waals surface area contributed by atoms with Crippen molar-refractivity contribution in [2.24, 2.45) is 0 Å². The highest BCUT2D eigenvalue weighted by Gasteiger charge is 2.21. The number of halogens is 1. The molecule has 6 aromatic rings. The minimum Gasteiger partial charge on any atom is -0.456 e. The molecule has 48 heavy (non-hydrogen) atoms. The van der Waals surface area contributed by atoms with Crippen LogP contribution in [-0.2, 0) is 20.9 Å². The van der Waals surface area contributed by atoms with Gasteiger partial charge in [-0.3, -0.25) is 24.5 Å². The van der Waals surface area contributed by atoms with Crippen LogP contribution in [0.5, 0.6) is 11.5 Å². The highest BCUT2D eigenvalue weighted by atomic mass is 35.5. The van der Waals surface area contributed by atoms with Crippen molar-refractivity contribution in [1.82, 2.24) is 25.2 Å². The number of pyridine rings is 2. The van der Waals surface area contributed by atoms with Gasteiger partial charge in [-0.25, -0.2) is 0 Å². The Kier molecular flexibility index (Phi) is 9.19. The molecule has 1 aliphatic heterocycles. The summed E-state index contributed by atoms with van der Waals surface area (Å²) in [4.78, 5) is 40.1. The number of nitrogens with zero attached hydrogens (tertiary/aromatic N) is 4. The van der Waals surface area contributed by atoms with E-state index in [1.54, 1.807) is 29.7 Å². The first kappa shape index (κ1) is 31.6. The van der Waals surface area contributed by atoms with Gasteiger partial charge in [0.15, 0.2) is 12.2 Å². The van der Waals surface area contributed by atoms with Gasteiger partial charge in [0.05, 0.1) is 20.8 Å². The van der Waals surface area contributed by atoms with Crippen LogP contribution < -0.4 is 15.4 Å². The number of aromatic nitrogens is 3. The van der Waals surface area contributed by atoms with E-state index in [-0.39, 0.29) is 18.6 Å². The van der Waals surface area contributed by atoms with Crippen molar-refractivity contribution in [3.8, 4) is 22.1 Å². The number of nitrogens with one attached hydrogen (secondary N) is 2. The van der Waals surface area contributed by atoms with Gasteiger partial charge in [-0.05, 0) is 66.9 Å². The Morgan fingerprint density at radius 2 is 1.85 bits per heavy atom. The first-order valence-corrected chi connectivity index (χ1v) is 16.6. The van der Waals surface area contributed by atoms with Crippen LogP contribution in [0.25, 0.3) is 31.9 Å². The monoisotopic (exact) mass is 682 g/mol. The average Bonchev–Trinajstić information content (AvgIpc) is 3.70. The summed E-state index contributed by atoms with van der Waals surface area (Å²) < 4.78 is 17.9. The lowest BCUT2D eigenvalue weighted by Gasteiger charge is -2.32. The third-order valence-electron chi connectivity index (χ3n) is 7.90. The first-order chi connectivity index (χ1) is 23.3. The van der Waals surface area contributed by atoms with E-state index in [4.69, 9.17) is 30.5 Å². The van der Waals surface area contributed by atoms with Gasteiger partial charge in [-0.2, -0.15) is 4.98 Å². The van der Waals surface area contributed by atoms with Gasteiger partial charge >= 0.3 is 5.97 Å². The second-order valence-corrected chi connectivity index (χ2v) is 13.0. The van der Waals surface area contributed by atoms with Crippen LogP contribution in [0.1, 0.15) is 25.3 Å². The van der Waals surface area contributed by atoms with E-state index in [1.165, 1.54) is 6.92 Å². The fourth-order valence-electron chi connectivity index (χ4n) is 5.52. The number of amides is 1. The Morgan fingerprint density at radius 1 is 1.02 bits per heavy atom. The zero-order valence-corrected chi connectivity index (χ0v) is 27.5.